The van der Waals surface area contributed by atoms with E-state index in [2.05, 4.69) is 36.1 Å². The zero-order valence-electron chi connectivity index (χ0n) is 13.1. The SMILES string of the molecule is CCCN1C(=CC=C2SC(=S)N(CC)C2=O)Sc2ccccc21. The van der Waals surface area contributed by atoms with Gasteiger partial charge in [-0.05, 0) is 37.6 Å². The van der Waals surface area contributed by atoms with Crippen LogP contribution in [0.4, 0.5) is 5.69 Å². The summed E-state index contributed by atoms with van der Waals surface area (Å²) >= 11 is 8.39. The molecule has 0 spiro atoms. The highest BCUT2D eigenvalue weighted by Crippen LogP contribution is 2.46. The van der Waals surface area contributed by atoms with Gasteiger partial charge in [-0.3, -0.25) is 9.69 Å². The highest BCUT2D eigenvalue weighted by molar-refractivity contribution is 8.26. The molecule has 1 fully saturated rings. The topological polar surface area (TPSA) is 23.6 Å². The monoisotopic (exact) mass is 362 g/mol. The van der Waals surface area contributed by atoms with Gasteiger partial charge < -0.3 is 4.90 Å². The number of carbonyl (C=O) groups is 1. The van der Waals surface area contributed by atoms with Gasteiger partial charge in [0, 0.05) is 18.0 Å². The van der Waals surface area contributed by atoms with E-state index < -0.39 is 0 Å². The van der Waals surface area contributed by atoms with Crippen molar-refractivity contribution >= 4 is 51.7 Å². The average Bonchev–Trinajstić information content (AvgIpc) is 3.03. The summed E-state index contributed by atoms with van der Waals surface area (Å²) in [7, 11) is 0. The summed E-state index contributed by atoms with van der Waals surface area (Å²) in [4.78, 5) is 18.2. The van der Waals surface area contributed by atoms with Gasteiger partial charge in [0.2, 0.25) is 0 Å². The highest BCUT2D eigenvalue weighted by atomic mass is 32.2. The third-order valence-corrected chi connectivity index (χ3v) is 6.18. The summed E-state index contributed by atoms with van der Waals surface area (Å²) in [5.74, 6) is 0.0157. The predicted molar refractivity (Wildman–Crippen MR) is 104 cm³/mol. The van der Waals surface area contributed by atoms with E-state index in [1.165, 1.54) is 22.3 Å². The summed E-state index contributed by atoms with van der Waals surface area (Å²) in [6.07, 6.45) is 5.03. The lowest BCUT2D eigenvalue weighted by Crippen LogP contribution is -2.27. The average molecular weight is 363 g/mol. The molecule has 0 N–H and O–H groups in total. The zero-order valence-corrected chi connectivity index (χ0v) is 15.6. The minimum Gasteiger partial charge on any atom is -0.335 e. The van der Waals surface area contributed by atoms with Crippen LogP contribution in [0.3, 0.4) is 0 Å². The minimum absolute atomic E-state index is 0.0157. The Bertz CT molecular complexity index is 712. The number of carbonyl (C=O) groups excluding carboxylic acids is 1. The standard InChI is InChI=1S/C17H18N2OS3/c1-3-11-19-12-7-5-6-8-13(12)22-15(19)10-9-14-16(20)18(4-2)17(21)23-14/h5-10H,3-4,11H2,1-2H3. The minimum atomic E-state index is 0.0157. The van der Waals surface area contributed by atoms with Gasteiger partial charge in [-0.25, -0.2) is 0 Å². The molecule has 0 unspecified atom stereocenters. The molecule has 0 aliphatic carbocycles. The van der Waals surface area contributed by atoms with Gasteiger partial charge in [0.1, 0.15) is 4.32 Å². The van der Waals surface area contributed by atoms with Crippen LogP contribution in [-0.2, 0) is 4.79 Å². The van der Waals surface area contributed by atoms with Crippen LogP contribution < -0.4 is 4.90 Å². The van der Waals surface area contributed by atoms with Crippen LogP contribution in [0.5, 0.6) is 0 Å². The van der Waals surface area contributed by atoms with E-state index in [-0.39, 0.29) is 5.91 Å². The first-order chi connectivity index (χ1) is 11.2. The first-order valence-corrected chi connectivity index (χ1v) is 9.70. The number of para-hydroxylation sites is 1. The molecule has 0 radical (unpaired) electrons. The van der Waals surface area contributed by atoms with Gasteiger partial charge in [0.25, 0.3) is 5.91 Å². The smallest absolute Gasteiger partial charge is 0.266 e. The van der Waals surface area contributed by atoms with E-state index in [0.717, 1.165) is 18.0 Å². The number of hydrogen-bond donors (Lipinski definition) is 0. The molecule has 0 saturated carbocycles. The number of nitrogens with zero attached hydrogens (tertiary/aromatic N) is 2. The van der Waals surface area contributed by atoms with Crippen LogP contribution in [0.25, 0.3) is 0 Å². The quantitative estimate of drug-likeness (QED) is 0.575. The van der Waals surface area contributed by atoms with E-state index in [4.69, 9.17) is 12.2 Å². The third kappa shape index (κ3) is 3.20. The molecule has 0 bridgehead atoms. The molecule has 2 aliphatic heterocycles. The normalized spacial score (nSPS) is 21.0. The summed E-state index contributed by atoms with van der Waals surface area (Å²) < 4.78 is 0.648. The molecule has 1 saturated heterocycles. The van der Waals surface area contributed by atoms with Gasteiger partial charge in [-0.15, -0.1) is 0 Å². The Kier molecular flexibility index (Phi) is 5.14. The third-order valence-electron chi connectivity index (χ3n) is 3.65. The van der Waals surface area contributed by atoms with Crippen LogP contribution in [0.1, 0.15) is 20.3 Å². The van der Waals surface area contributed by atoms with Crippen LogP contribution >= 0.6 is 35.7 Å². The fourth-order valence-corrected chi connectivity index (χ4v) is 4.98. The number of hydrogen-bond acceptors (Lipinski definition) is 5. The molecule has 1 amide bonds. The van der Waals surface area contributed by atoms with Gasteiger partial charge >= 0.3 is 0 Å². The van der Waals surface area contributed by atoms with E-state index in [0.29, 0.717) is 15.8 Å². The molecule has 1 aromatic carbocycles. The molecule has 6 heteroatoms. The fourth-order valence-electron chi connectivity index (χ4n) is 2.56. The van der Waals surface area contributed by atoms with Gasteiger partial charge in [0.05, 0.1) is 15.6 Å². The second kappa shape index (κ2) is 7.11. The van der Waals surface area contributed by atoms with E-state index in [1.54, 1.807) is 16.7 Å². The first-order valence-electron chi connectivity index (χ1n) is 7.65. The number of allylic oxidation sites excluding steroid dienone is 2. The van der Waals surface area contributed by atoms with Crippen molar-refractivity contribution in [2.45, 2.75) is 25.2 Å². The maximum Gasteiger partial charge on any atom is 0.266 e. The van der Waals surface area contributed by atoms with Crippen LogP contribution in [-0.4, -0.2) is 28.2 Å². The van der Waals surface area contributed by atoms with E-state index in [1.807, 2.05) is 19.1 Å². The molecule has 3 nitrogen and oxygen atoms in total. The zero-order chi connectivity index (χ0) is 16.4. The number of thioether (sulfide) groups is 2. The molecule has 2 aliphatic rings. The molecule has 3 rings (SSSR count). The predicted octanol–water partition coefficient (Wildman–Crippen LogP) is 4.61. The maximum absolute atomic E-state index is 12.3. The molecule has 1 aromatic rings. The van der Waals surface area contributed by atoms with Crippen molar-refractivity contribution < 1.29 is 4.79 Å². The molecule has 0 aromatic heterocycles. The van der Waals surface area contributed by atoms with Gasteiger partial charge in [0.15, 0.2) is 0 Å². The Morgan fingerprint density at radius 2 is 1.91 bits per heavy atom. The number of thiocarbonyl (C=S) groups is 1. The van der Waals surface area contributed by atoms with Crippen molar-refractivity contribution in [3.05, 3.63) is 46.4 Å². The summed E-state index contributed by atoms with van der Waals surface area (Å²) in [5, 5.41) is 1.16. The Hall–Kier alpha value is -1.24. The van der Waals surface area contributed by atoms with E-state index in [9.17, 15) is 4.79 Å². The lowest BCUT2D eigenvalue weighted by atomic mass is 10.3. The van der Waals surface area contributed by atoms with Crippen LogP contribution in [0, 0.1) is 0 Å². The Morgan fingerprint density at radius 3 is 2.61 bits per heavy atom. The molecule has 0 atom stereocenters. The van der Waals surface area contributed by atoms with Crippen molar-refractivity contribution in [3.8, 4) is 0 Å². The van der Waals surface area contributed by atoms with Crippen LogP contribution in [0.2, 0.25) is 0 Å². The van der Waals surface area contributed by atoms with Crippen molar-refractivity contribution in [1.82, 2.24) is 4.90 Å². The molecule has 23 heavy (non-hydrogen) atoms. The Morgan fingerprint density at radius 1 is 1.13 bits per heavy atom. The first kappa shape index (κ1) is 16.6. The number of benzene rings is 1. The van der Waals surface area contributed by atoms with Crippen molar-refractivity contribution in [2.24, 2.45) is 0 Å². The second-order valence-electron chi connectivity index (χ2n) is 5.17. The number of fused-ring (bicyclic) bond motifs is 1. The van der Waals surface area contributed by atoms with E-state index >= 15 is 0 Å². The molecular formula is C17H18N2OS3. The molecule has 120 valence electrons. The summed E-state index contributed by atoms with van der Waals surface area (Å²) in [6, 6.07) is 8.41. The Labute approximate surface area is 150 Å². The maximum atomic E-state index is 12.3. The highest BCUT2D eigenvalue weighted by Gasteiger charge is 2.30. The van der Waals surface area contributed by atoms with Gasteiger partial charge in [-0.1, -0.05) is 54.8 Å². The van der Waals surface area contributed by atoms with Crippen molar-refractivity contribution in [3.63, 3.8) is 0 Å². The Balaban J connectivity index is 1.87. The fraction of sp³-hybridized carbons (Fsp3) is 0.294. The molecule has 2 heterocycles. The number of anilines is 1. The lowest BCUT2D eigenvalue weighted by molar-refractivity contribution is -0.122. The summed E-state index contributed by atoms with van der Waals surface area (Å²) in [6.45, 7) is 5.72. The van der Waals surface area contributed by atoms with Crippen molar-refractivity contribution in [2.75, 3.05) is 18.0 Å². The van der Waals surface area contributed by atoms with Gasteiger partial charge in [-0.2, -0.15) is 0 Å². The summed E-state index contributed by atoms with van der Waals surface area (Å²) in [5.41, 5.74) is 1.25. The largest absolute Gasteiger partial charge is 0.335 e. The number of amides is 1. The number of rotatable bonds is 4. The van der Waals surface area contributed by atoms with Crippen molar-refractivity contribution in [1.29, 1.82) is 0 Å². The second-order valence-corrected chi connectivity index (χ2v) is 7.91. The lowest BCUT2D eigenvalue weighted by Gasteiger charge is -2.19. The molecular weight excluding hydrogens is 344 g/mol. The number of likely N-dealkylation sites (N-methyl/N-ethyl adjacent to an activating group) is 1. The van der Waals surface area contributed by atoms with Crippen LogP contribution in [0.15, 0.2) is 51.2 Å².